The second-order valence-corrected chi connectivity index (χ2v) is 7.22. The summed E-state index contributed by atoms with van der Waals surface area (Å²) in [4.78, 5) is -0.0264. The Morgan fingerprint density at radius 3 is 2.58 bits per heavy atom. The van der Waals surface area contributed by atoms with Crippen molar-refractivity contribution in [1.82, 2.24) is 4.31 Å². The van der Waals surface area contributed by atoms with Crippen LogP contribution >= 0.6 is 0 Å². The number of sulfonamides is 1. The number of halogens is 1. The molecule has 0 aliphatic carbocycles. The molecule has 1 aliphatic heterocycles. The molecule has 1 atom stereocenters. The third-order valence-corrected chi connectivity index (χ3v) is 5.89. The highest BCUT2D eigenvalue weighted by atomic mass is 32.2. The molecule has 1 aliphatic rings. The SMILES string of the molecule is N#Cc1ccccc1S(=O)(=O)N1CCOCC1c1ccc(F)cc1. The molecule has 2 aromatic carbocycles. The van der Waals surface area contributed by atoms with Gasteiger partial charge in [0.15, 0.2) is 0 Å². The number of hydrogen-bond donors (Lipinski definition) is 0. The average Bonchev–Trinajstić information content (AvgIpc) is 2.62. The van der Waals surface area contributed by atoms with Gasteiger partial charge in [0, 0.05) is 6.54 Å². The number of hydrogen-bond acceptors (Lipinski definition) is 4. The van der Waals surface area contributed by atoms with Crippen molar-refractivity contribution in [2.24, 2.45) is 0 Å². The first-order valence-electron chi connectivity index (χ1n) is 7.38. The van der Waals surface area contributed by atoms with Crippen molar-refractivity contribution >= 4 is 10.0 Å². The Bertz CT molecular complexity index is 875. The molecule has 0 bridgehead atoms. The third-order valence-electron chi connectivity index (χ3n) is 3.93. The highest BCUT2D eigenvalue weighted by Crippen LogP contribution is 2.31. The molecule has 24 heavy (non-hydrogen) atoms. The van der Waals surface area contributed by atoms with Gasteiger partial charge in [-0.15, -0.1) is 0 Å². The van der Waals surface area contributed by atoms with Crippen molar-refractivity contribution in [3.05, 3.63) is 65.5 Å². The Hall–Kier alpha value is -2.27. The van der Waals surface area contributed by atoms with Gasteiger partial charge in [-0.1, -0.05) is 24.3 Å². The van der Waals surface area contributed by atoms with Crippen molar-refractivity contribution < 1.29 is 17.5 Å². The fourth-order valence-electron chi connectivity index (χ4n) is 2.73. The Balaban J connectivity index is 2.04. The fourth-order valence-corrected chi connectivity index (χ4v) is 4.46. The van der Waals surface area contributed by atoms with Crippen molar-refractivity contribution in [2.45, 2.75) is 10.9 Å². The van der Waals surface area contributed by atoms with Crippen LogP contribution in [0.15, 0.2) is 53.4 Å². The Morgan fingerprint density at radius 2 is 1.88 bits per heavy atom. The number of nitriles is 1. The molecule has 0 N–H and O–H groups in total. The van der Waals surface area contributed by atoms with Gasteiger partial charge in [0.05, 0.1) is 29.7 Å². The van der Waals surface area contributed by atoms with Gasteiger partial charge in [0.25, 0.3) is 0 Å². The molecular weight excluding hydrogens is 331 g/mol. The predicted molar refractivity (Wildman–Crippen MR) is 85.0 cm³/mol. The van der Waals surface area contributed by atoms with Crippen LogP contribution in [0.1, 0.15) is 17.2 Å². The standard InChI is InChI=1S/C17H15FN2O3S/c18-15-7-5-13(6-8-15)16-12-23-10-9-20(16)24(21,22)17-4-2-1-3-14(17)11-19/h1-8,16H,9-10,12H2. The summed E-state index contributed by atoms with van der Waals surface area (Å²) < 4.78 is 46.0. The van der Waals surface area contributed by atoms with E-state index in [2.05, 4.69) is 0 Å². The van der Waals surface area contributed by atoms with Gasteiger partial charge in [0.1, 0.15) is 11.9 Å². The van der Waals surface area contributed by atoms with E-state index >= 15 is 0 Å². The quantitative estimate of drug-likeness (QED) is 0.856. The topological polar surface area (TPSA) is 70.4 Å². The summed E-state index contributed by atoms with van der Waals surface area (Å²) in [7, 11) is -3.88. The molecule has 0 radical (unpaired) electrons. The van der Waals surface area contributed by atoms with E-state index in [1.165, 1.54) is 28.6 Å². The van der Waals surface area contributed by atoms with E-state index in [0.29, 0.717) is 5.56 Å². The predicted octanol–water partition coefficient (Wildman–Crippen LogP) is 2.46. The largest absolute Gasteiger partial charge is 0.378 e. The number of morpholine rings is 1. The van der Waals surface area contributed by atoms with Crippen molar-refractivity contribution in [1.29, 1.82) is 5.26 Å². The minimum Gasteiger partial charge on any atom is -0.378 e. The molecule has 1 saturated heterocycles. The molecular formula is C17H15FN2O3S. The van der Waals surface area contributed by atoms with E-state index in [1.807, 2.05) is 6.07 Å². The lowest BCUT2D eigenvalue weighted by molar-refractivity contribution is 0.0320. The molecule has 124 valence electrons. The molecule has 1 fully saturated rings. The van der Waals surface area contributed by atoms with Gasteiger partial charge in [-0.2, -0.15) is 9.57 Å². The number of nitrogens with zero attached hydrogens (tertiary/aromatic N) is 2. The minimum atomic E-state index is -3.88. The van der Waals surface area contributed by atoms with Gasteiger partial charge >= 0.3 is 0 Å². The highest BCUT2D eigenvalue weighted by molar-refractivity contribution is 7.89. The first kappa shape index (κ1) is 16.6. The monoisotopic (exact) mass is 346 g/mol. The van der Waals surface area contributed by atoms with Crippen LogP contribution in [0.25, 0.3) is 0 Å². The van der Waals surface area contributed by atoms with Gasteiger partial charge in [0.2, 0.25) is 10.0 Å². The lowest BCUT2D eigenvalue weighted by atomic mass is 10.1. The lowest BCUT2D eigenvalue weighted by Gasteiger charge is -2.35. The lowest BCUT2D eigenvalue weighted by Crippen LogP contribution is -2.43. The molecule has 1 unspecified atom stereocenters. The Labute approximate surface area is 139 Å². The smallest absolute Gasteiger partial charge is 0.245 e. The van der Waals surface area contributed by atoms with Crippen molar-refractivity contribution in [2.75, 3.05) is 19.8 Å². The van der Waals surface area contributed by atoms with Gasteiger partial charge in [-0.25, -0.2) is 12.8 Å². The zero-order valence-corrected chi connectivity index (χ0v) is 13.5. The summed E-state index contributed by atoms with van der Waals surface area (Å²) in [6, 6.07) is 13.1. The van der Waals surface area contributed by atoms with Crippen LogP contribution in [0.2, 0.25) is 0 Å². The van der Waals surface area contributed by atoms with E-state index in [9.17, 15) is 18.1 Å². The molecule has 0 spiro atoms. The number of benzene rings is 2. The van der Waals surface area contributed by atoms with Crippen LogP contribution in [0, 0.1) is 17.1 Å². The maximum absolute atomic E-state index is 13.1. The summed E-state index contributed by atoms with van der Waals surface area (Å²) in [6.45, 7) is 0.620. The summed E-state index contributed by atoms with van der Waals surface area (Å²) >= 11 is 0. The van der Waals surface area contributed by atoms with Gasteiger partial charge in [-0.3, -0.25) is 0 Å². The summed E-state index contributed by atoms with van der Waals surface area (Å²) in [5, 5.41) is 9.19. The molecule has 3 rings (SSSR count). The van der Waals surface area contributed by atoms with Gasteiger partial charge < -0.3 is 4.74 Å². The van der Waals surface area contributed by atoms with E-state index in [0.717, 1.165) is 0 Å². The first-order valence-corrected chi connectivity index (χ1v) is 8.82. The molecule has 5 nitrogen and oxygen atoms in total. The minimum absolute atomic E-state index is 0.0264. The second kappa shape index (κ2) is 6.69. The first-order chi connectivity index (χ1) is 11.5. The maximum Gasteiger partial charge on any atom is 0.245 e. The van der Waals surface area contributed by atoms with E-state index in [-0.39, 0.29) is 36.0 Å². The zero-order valence-electron chi connectivity index (χ0n) is 12.7. The molecule has 0 saturated carbocycles. The normalized spacial score (nSPS) is 18.9. The molecule has 0 amide bonds. The third kappa shape index (κ3) is 3.04. The summed E-state index contributed by atoms with van der Waals surface area (Å²) in [6.07, 6.45) is 0. The van der Waals surface area contributed by atoms with Crippen LogP contribution in [0.5, 0.6) is 0 Å². The maximum atomic E-state index is 13.1. The van der Waals surface area contributed by atoms with Crippen LogP contribution in [-0.4, -0.2) is 32.5 Å². The zero-order chi connectivity index (χ0) is 17.2. The number of rotatable bonds is 3. The van der Waals surface area contributed by atoms with Crippen LogP contribution in [0.4, 0.5) is 4.39 Å². The molecule has 0 aromatic heterocycles. The van der Waals surface area contributed by atoms with Crippen molar-refractivity contribution in [3.63, 3.8) is 0 Å². The highest BCUT2D eigenvalue weighted by Gasteiger charge is 2.36. The molecule has 2 aromatic rings. The fraction of sp³-hybridized carbons (Fsp3) is 0.235. The van der Waals surface area contributed by atoms with Crippen LogP contribution < -0.4 is 0 Å². The average molecular weight is 346 g/mol. The summed E-state index contributed by atoms with van der Waals surface area (Å²) in [5.41, 5.74) is 0.746. The van der Waals surface area contributed by atoms with Crippen LogP contribution in [0.3, 0.4) is 0 Å². The summed E-state index contributed by atoms with van der Waals surface area (Å²) in [5.74, 6) is -0.389. The van der Waals surface area contributed by atoms with E-state index < -0.39 is 16.1 Å². The molecule has 1 heterocycles. The van der Waals surface area contributed by atoms with E-state index in [4.69, 9.17) is 4.74 Å². The molecule has 7 heteroatoms. The van der Waals surface area contributed by atoms with E-state index in [1.54, 1.807) is 24.3 Å². The van der Waals surface area contributed by atoms with Gasteiger partial charge in [-0.05, 0) is 29.8 Å². The van der Waals surface area contributed by atoms with Crippen LogP contribution in [-0.2, 0) is 14.8 Å². The number of ether oxygens (including phenoxy) is 1. The second-order valence-electron chi connectivity index (χ2n) is 5.37. The van der Waals surface area contributed by atoms with Crippen molar-refractivity contribution in [3.8, 4) is 6.07 Å². The Morgan fingerprint density at radius 1 is 1.17 bits per heavy atom. The Kier molecular flexibility index (Phi) is 4.62.